The average Bonchev–Trinajstić information content (AvgIpc) is 3.38. The maximum Gasteiger partial charge on any atom is 0.258 e. The zero-order valence-electron chi connectivity index (χ0n) is 19.8. The highest BCUT2D eigenvalue weighted by atomic mass is 35.5. The second kappa shape index (κ2) is 8.56. The first-order chi connectivity index (χ1) is 16.9. The van der Waals surface area contributed by atoms with E-state index < -0.39 is 24.3 Å². The molecule has 12 heteroatoms. The summed E-state index contributed by atoms with van der Waals surface area (Å²) in [6.07, 6.45) is 1.21. The predicted octanol–water partition coefficient (Wildman–Crippen LogP) is 5.86. The van der Waals surface area contributed by atoms with Crippen molar-refractivity contribution in [2.75, 3.05) is 49.1 Å². The van der Waals surface area contributed by atoms with Gasteiger partial charge in [-0.1, -0.05) is 23.7 Å². The Morgan fingerprint density at radius 2 is 1.81 bits per heavy atom. The van der Waals surface area contributed by atoms with Gasteiger partial charge in [0.2, 0.25) is 5.95 Å². The summed E-state index contributed by atoms with van der Waals surface area (Å²) < 4.78 is 60.3. The van der Waals surface area contributed by atoms with Crippen molar-refractivity contribution in [3.8, 4) is 5.75 Å². The predicted molar refractivity (Wildman–Crippen MR) is 136 cm³/mol. The van der Waals surface area contributed by atoms with Crippen LogP contribution in [0.2, 0.25) is 5.02 Å². The molecule has 1 spiro atoms. The Bertz CT molecular complexity index is 1390. The van der Waals surface area contributed by atoms with E-state index >= 15 is 0 Å². The smallest absolute Gasteiger partial charge is 0.258 e. The molecular weight excluding hydrogens is 514 g/mol. The van der Waals surface area contributed by atoms with Crippen LogP contribution in [-0.4, -0.2) is 49.4 Å². The van der Waals surface area contributed by atoms with E-state index in [1.807, 2.05) is 0 Å². The van der Waals surface area contributed by atoms with Gasteiger partial charge >= 0.3 is 0 Å². The van der Waals surface area contributed by atoms with Crippen LogP contribution in [0, 0.1) is 11.2 Å². The molecule has 2 aromatic carbocycles. The summed E-state index contributed by atoms with van der Waals surface area (Å²) in [5.74, 6) is -2.70. The normalized spacial score (nSPS) is 17.5. The number of hydrogen-bond acceptors (Lipinski definition) is 7. The zero-order chi connectivity index (χ0) is 25.9. The molecule has 1 aromatic heterocycles. The molecule has 1 saturated heterocycles. The molecule has 2 fully saturated rings. The molecule has 3 aromatic rings. The molecule has 0 unspecified atom stereocenters. The van der Waals surface area contributed by atoms with E-state index in [2.05, 4.69) is 20.6 Å². The van der Waals surface area contributed by atoms with Crippen molar-refractivity contribution < 1.29 is 22.5 Å². The Labute approximate surface area is 211 Å². The van der Waals surface area contributed by atoms with Crippen LogP contribution in [0.4, 0.5) is 42.0 Å². The van der Waals surface area contributed by atoms with Gasteiger partial charge in [-0.05, 0) is 37.6 Å². The molecular formula is C24H24ClF3N5O2P. The molecule has 1 aliphatic heterocycles. The average molecular weight is 538 g/mol. The van der Waals surface area contributed by atoms with Gasteiger partial charge in [-0.2, -0.15) is 4.98 Å². The summed E-state index contributed by atoms with van der Waals surface area (Å²) in [5, 5.41) is 7.00. The largest absolute Gasteiger partial charge is 0.492 e. The first-order valence-electron chi connectivity index (χ1n) is 11.1. The number of nitrogens with one attached hydrogen (secondary N) is 2. The minimum absolute atomic E-state index is 0.0559. The van der Waals surface area contributed by atoms with Crippen LogP contribution in [-0.2, 0) is 4.57 Å². The van der Waals surface area contributed by atoms with E-state index in [0.29, 0.717) is 16.7 Å². The lowest BCUT2D eigenvalue weighted by Gasteiger charge is -2.42. The van der Waals surface area contributed by atoms with Crippen molar-refractivity contribution in [1.82, 2.24) is 9.97 Å². The number of rotatable bonds is 7. The summed E-state index contributed by atoms with van der Waals surface area (Å²) >= 11 is 6.32. The fourth-order valence-corrected chi connectivity index (χ4v) is 5.82. The number of methoxy groups -OCH3 is 1. The monoisotopic (exact) mass is 537 g/mol. The first-order valence-corrected chi connectivity index (χ1v) is 14.1. The van der Waals surface area contributed by atoms with Crippen LogP contribution in [0.3, 0.4) is 0 Å². The SMILES string of the molecule is COc1c(Nc2ncc(Cl)c(Nc3ccccc3P(C)(C)=O)n2)ccc(F)c1N1CC2(C1)CC2(F)F. The molecule has 1 saturated carbocycles. The number of para-hydroxylation sites is 1. The molecule has 190 valence electrons. The van der Waals surface area contributed by atoms with Gasteiger partial charge in [-0.25, -0.2) is 18.2 Å². The van der Waals surface area contributed by atoms with Crippen molar-refractivity contribution in [3.05, 3.63) is 53.4 Å². The summed E-state index contributed by atoms with van der Waals surface area (Å²) in [7, 11) is -1.20. The Morgan fingerprint density at radius 3 is 2.44 bits per heavy atom. The second-order valence-corrected chi connectivity index (χ2v) is 13.1. The van der Waals surface area contributed by atoms with Gasteiger partial charge in [0.05, 0.1) is 30.1 Å². The molecule has 1 aliphatic carbocycles. The van der Waals surface area contributed by atoms with Crippen molar-refractivity contribution in [2.24, 2.45) is 5.41 Å². The third-order valence-electron chi connectivity index (χ3n) is 6.53. The van der Waals surface area contributed by atoms with Crippen molar-refractivity contribution in [3.63, 3.8) is 0 Å². The number of hydrogen-bond donors (Lipinski definition) is 2. The van der Waals surface area contributed by atoms with Crippen LogP contribution in [0.15, 0.2) is 42.6 Å². The van der Waals surface area contributed by atoms with E-state index in [0.717, 1.165) is 0 Å². The number of aromatic nitrogens is 2. The number of ether oxygens (including phenoxy) is 1. The van der Waals surface area contributed by atoms with Crippen LogP contribution < -0.4 is 25.6 Å². The highest BCUT2D eigenvalue weighted by Gasteiger charge is 2.76. The minimum Gasteiger partial charge on any atom is -0.492 e. The maximum atomic E-state index is 14.8. The van der Waals surface area contributed by atoms with E-state index in [1.54, 1.807) is 42.5 Å². The molecule has 2 aliphatic rings. The molecule has 7 nitrogen and oxygen atoms in total. The van der Waals surface area contributed by atoms with Gasteiger partial charge in [0.25, 0.3) is 5.92 Å². The molecule has 0 atom stereocenters. The number of alkyl halides is 2. The standard InChI is InChI=1S/C24H24ClF3N5O2P/c1-35-20-17(9-8-15(26)19(20)33-12-23(13-33)11-24(23,27)28)31-22-29-10-14(25)21(32-22)30-16-6-4-5-7-18(16)36(2,3)34/h4-10H,11-13H2,1-3H3,(H2,29,30,31,32). The molecule has 0 bridgehead atoms. The number of halogens is 4. The van der Waals surface area contributed by atoms with E-state index in [-0.39, 0.29) is 47.7 Å². The van der Waals surface area contributed by atoms with Gasteiger partial charge in [-0.3, -0.25) is 0 Å². The fraction of sp³-hybridized carbons (Fsp3) is 0.333. The number of benzene rings is 2. The zero-order valence-corrected chi connectivity index (χ0v) is 21.4. The van der Waals surface area contributed by atoms with Crippen LogP contribution in [0.25, 0.3) is 0 Å². The van der Waals surface area contributed by atoms with Gasteiger partial charge in [0.15, 0.2) is 11.6 Å². The second-order valence-electron chi connectivity index (χ2n) is 9.50. The third kappa shape index (κ3) is 4.26. The fourth-order valence-electron chi connectivity index (χ4n) is 4.53. The Hall–Kier alpha value is -2.97. The topological polar surface area (TPSA) is 79.4 Å². The molecule has 5 rings (SSSR count). The van der Waals surface area contributed by atoms with Gasteiger partial charge in [0, 0.05) is 24.8 Å². The lowest BCUT2D eigenvalue weighted by Crippen LogP contribution is -2.52. The molecule has 0 amide bonds. The van der Waals surface area contributed by atoms with Crippen LogP contribution in [0.1, 0.15) is 6.42 Å². The summed E-state index contributed by atoms with van der Waals surface area (Å²) in [4.78, 5) is 10.2. The van der Waals surface area contributed by atoms with Gasteiger partial charge < -0.3 is 24.8 Å². The lowest BCUT2D eigenvalue weighted by atomic mass is 9.94. The summed E-state index contributed by atoms with van der Waals surface area (Å²) in [6, 6.07) is 9.86. The van der Waals surface area contributed by atoms with E-state index in [4.69, 9.17) is 16.3 Å². The quantitative estimate of drug-likeness (QED) is 0.366. The Morgan fingerprint density at radius 1 is 1.11 bits per heavy atom. The van der Waals surface area contributed by atoms with Crippen molar-refractivity contribution in [1.29, 1.82) is 0 Å². The third-order valence-corrected chi connectivity index (χ3v) is 8.36. The van der Waals surface area contributed by atoms with Crippen LogP contribution >= 0.6 is 18.7 Å². The van der Waals surface area contributed by atoms with E-state index in [9.17, 15) is 17.7 Å². The molecule has 0 radical (unpaired) electrons. The highest BCUT2D eigenvalue weighted by Crippen LogP contribution is 2.66. The molecule has 2 heterocycles. The first kappa shape index (κ1) is 24.7. The summed E-state index contributed by atoms with van der Waals surface area (Å²) in [6.45, 7) is 3.45. The van der Waals surface area contributed by atoms with Crippen molar-refractivity contribution >= 4 is 52.9 Å². The van der Waals surface area contributed by atoms with Gasteiger partial charge in [0.1, 0.15) is 23.7 Å². The van der Waals surface area contributed by atoms with Crippen molar-refractivity contribution in [2.45, 2.75) is 12.3 Å². The minimum atomic E-state index is -2.70. The Kier molecular flexibility index (Phi) is 5.87. The Balaban J connectivity index is 1.42. The number of nitrogens with zero attached hydrogens (tertiary/aromatic N) is 3. The maximum absolute atomic E-state index is 14.8. The van der Waals surface area contributed by atoms with Gasteiger partial charge in [-0.15, -0.1) is 0 Å². The number of anilines is 5. The lowest BCUT2D eigenvalue weighted by molar-refractivity contribution is 0.0517. The molecule has 2 N–H and O–H groups in total. The summed E-state index contributed by atoms with van der Waals surface area (Å²) in [5.41, 5.74) is 0.00404. The van der Waals surface area contributed by atoms with Crippen LogP contribution in [0.5, 0.6) is 5.75 Å². The molecule has 36 heavy (non-hydrogen) atoms. The highest BCUT2D eigenvalue weighted by molar-refractivity contribution is 7.70. The van der Waals surface area contributed by atoms with E-state index in [1.165, 1.54) is 25.4 Å².